The molecule has 3 aromatic carbocycles. The Morgan fingerprint density at radius 3 is 2.54 bits per heavy atom. The Labute approximate surface area is 206 Å². The minimum Gasteiger partial charge on any atom is -0.497 e. The van der Waals surface area contributed by atoms with Crippen LogP contribution in [-0.4, -0.2) is 27.9 Å². The van der Waals surface area contributed by atoms with Crippen LogP contribution in [0.2, 0.25) is 0 Å². The van der Waals surface area contributed by atoms with Crippen LogP contribution in [0, 0.1) is 4.78 Å². The highest BCUT2D eigenvalue weighted by Gasteiger charge is 2.11. The fourth-order valence-electron chi connectivity index (χ4n) is 3.49. The van der Waals surface area contributed by atoms with E-state index in [1.54, 1.807) is 31.5 Å². The number of aromatic nitrogens is 2. The summed E-state index contributed by atoms with van der Waals surface area (Å²) in [6.07, 6.45) is 1.76. The number of hydrogen-bond acceptors (Lipinski definition) is 8. The van der Waals surface area contributed by atoms with E-state index in [9.17, 15) is 4.21 Å². The molecule has 0 aliphatic carbocycles. The lowest BCUT2D eigenvalue weighted by Crippen LogP contribution is -2.06. The minimum absolute atomic E-state index is 0.380. The van der Waals surface area contributed by atoms with Crippen molar-refractivity contribution in [2.75, 3.05) is 24.4 Å². The molecule has 0 amide bonds. The Morgan fingerprint density at radius 2 is 1.80 bits per heavy atom. The lowest BCUT2D eigenvalue weighted by atomic mass is 10.1. The summed E-state index contributed by atoms with van der Waals surface area (Å²) in [5.41, 5.74) is 3.48. The molecule has 0 radical (unpaired) electrons. The zero-order valence-electron chi connectivity index (χ0n) is 19.5. The largest absolute Gasteiger partial charge is 0.497 e. The van der Waals surface area contributed by atoms with Crippen LogP contribution in [0.1, 0.15) is 12.5 Å². The number of methoxy groups -OCH3 is 1. The molecular weight excluding hydrogens is 462 g/mol. The van der Waals surface area contributed by atoms with Gasteiger partial charge < -0.3 is 20.1 Å². The third kappa shape index (κ3) is 6.27. The Bertz CT molecular complexity index is 1370. The summed E-state index contributed by atoms with van der Waals surface area (Å²) in [5, 5.41) is 6.57. The molecule has 9 heteroatoms. The van der Waals surface area contributed by atoms with Crippen LogP contribution >= 0.6 is 0 Å². The van der Waals surface area contributed by atoms with Gasteiger partial charge in [-0.15, -0.1) is 0 Å². The van der Waals surface area contributed by atoms with E-state index in [0.717, 1.165) is 28.2 Å². The van der Waals surface area contributed by atoms with E-state index >= 15 is 0 Å². The van der Waals surface area contributed by atoms with E-state index in [-0.39, 0.29) is 0 Å². The van der Waals surface area contributed by atoms with Crippen molar-refractivity contribution in [3.05, 3.63) is 84.6 Å². The van der Waals surface area contributed by atoms with Crippen molar-refractivity contribution in [1.29, 1.82) is 4.78 Å². The molecule has 0 aliphatic heterocycles. The fraction of sp³-hybridized carbons (Fsp3) is 0.154. The Morgan fingerprint density at radius 1 is 1.00 bits per heavy atom. The first-order valence-electron chi connectivity index (χ1n) is 11.1. The zero-order valence-corrected chi connectivity index (χ0v) is 20.4. The van der Waals surface area contributed by atoms with Crippen molar-refractivity contribution in [3.8, 4) is 22.6 Å². The first-order chi connectivity index (χ1) is 17.1. The fourth-order valence-corrected chi connectivity index (χ4v) is 3.97. The van der Waals surface area contributed by atoms with E-state index in [2.05, 4.69) is 15.6 Å². The first kappa shape index (κ1) is 24.0. The standard InChI is InChI=1S/C26H27N5O3S/c1-3-34-21-12-10-19(11-13-21)24-17-29-26(30-20-7-5-9-23(15-20)35(27)32)31-25(24)28-16-18-6-4-8-22(14-18)33-2/h4-15,17,27,35H,3,16H2,1-2H3,(H2,28,29,30,31). The highest BCUT2D eigenvalue weighted by molar-refractivity contribution is 7.73. The second kappa shape index (κ2) is 11.3. The molecule has 180 valence electrons. The monoisotopic (exact) mass is 489 g/mol. The molecule has 1 heterocycles. The maximum Gasteiger partial charge on any atom is 0.229 e. The molecule has 0 fully saturated rings. The molecule has 4 aromatic rings. The van der Waals surface area contributed by atoms with Crippen molar-refractivity contribution < 1.29 is 13.7 Å². The van der Waals surface area contributed by atoms with Gasteiger partial charge in [-0.05, 0) is 60.5 Å². The predicted octanol–water partition coefficient (Wildman–Crippen LogP) is 5.51. The molecule has 0 bridgehead atoms. The molecule has 4 rings (SSSR count). The van der Waals surface area contributed by atoms with Crippen molar-refractivity contribution in [2.24, 2.45) is 0 Å². The average molecular weight is 490 g/mol. The van der Waals surface area contributed by atoms with E-state index in [1.807, 2.05) is 61.5 Å². The summed E-state index contributed by atoms with van der Waals surface area (Å²) in [5.74, 6) is 2.62. The number of anilines is 3. The quantitative estimate of drug-likeness (QED) is 0.218. The van der Waals surface area contributed by atoms with Gasteiger partial charge in [0.15, 0.2) is 0 Å². The summed E-state index contributed by atoms with van der Waals surface area (Å²) in [4.78, 5) is 9.65. The summed E-state index contributed by atoms with van der Waals surface area (Å²) in [7, 11) is -0.539. The lowest BCUT2D eigenvalue weighted by molar-refractivity contribution is 0.340. The Balaban J connectivity index is 1.65. The molecule has 8 nitrogen and oxygen atoms in total. The number of benzene rings is 3. The molecule has 1 aromatic heterocycles. The maximum absolute atomic E-state index is 11.6. The highest BCUT2D eigenvalue weighted by Crippen LogP contribution is 2.30. The Hall–Kier alpha value is -4.11. The summed E-state index contributed by atoms with van der Waals surface area (Å²) >= 11 is 0. The molecule has 0 aliphatic rings. The van der Waals surface area contributed by atoms with Gasteiger partial charge in [0, 0.05) is 28.9 Å². The number of rotatable bonds is 10. The summed E-state index contributed by atoms with van der Waals surface area (Å²) in [6, 6.07) is 22.5. The SMILES string of the molecule is CCOc1ccc(-c2cnc(Nc3cccc([SH](=N)=O)c3)nc2NCc2cccc(OC)c2)cc1. The average Bonchev–Trinajstić information content (AvgIpc) is 2.88. The van der Waals surface area contributed by atoms with Gasteiger partial charge >= 0.3 is 0 Å². The third-order valence-corrected chi connectivity index (χ3v) is 5.94. The van der Waals surface area contributed by atoms with Crippen LogP contribution in [-0.2, 0) is 17.1 Å². The van der Waals surface area contributed by atoms with E-state index in [0.29, 0.717) is 35.5 Å². The lowest BCUT2D eigenvalue weighted by Gasteiger charge is -2.14. The van der Waals surface area contributed by atoms with E-state index in [4.69, 9.17) is 19.2 Å². The highest BCUT2D eigenvalue weighted by atomic mass is 32.2. The van der Waals surface area contributed by atoms with Crippen molar-refractivity contribution in [1.82, 2.24) is 9.97 Å². The van der Waals surface area contributed by atoms with E-state index < -0.39 is 10.6 Å². The smallest absolute Gasteiger partial charge is 0.229 e. The predicted molar refractivity (Wildman–Crippen MR) is 139 cm³/mol. The molecular formula is C26H27N5O3S. The number of thiol groups is 1. The van der Waals surface area contributed by atoms with Gasteiger partial charge in [-0.25, -0.2) is 9.19 Å². The van der Waals surface area contributed by atoms with Gasteiger partial charge in [0.2, 0.25) is 5.95 Å². The molecule has 0 spiro atoms. The summed E-state index contributed by atoms with van der Waals surface area (Å²) < 4.78 is 29.9. The van der Waals surface area contributed by atoms with Gasteiger partial charge in [-0.2, -0.15) is 4.98 Å². The van der Waals surface area contributed by atoms with Gasteiger partial charge in [0.05, 0.1) is 24.3 Å². The normalized spacial score (nSPS) is 11.5. The van der Waals surface area contributed by atoms with Crippen LogP contribution < -0.4 is 20.1 Å². The number of ether oxygens (including phenoxy) is 2. The van der Waals surface area contributed by atoms with Gasteiger partial charge in [-0.1, -0.05) is 30.3 Å². The van der Waals surface area contributed by atoms with E-state index in [1.165, 1.54) is 0 Å². The van der Waals surface area contributed by atoms with Gasteiger partial charge in [0.1, 0.15) is 17.3 Å². The molecule has 0 saturated carbocycles. The summed E-state index contributed by atoms with van der Waals surface area (Å²) in [6.45, 7) is 3.09. The second-order valence-corrected chi connectivity index (χ2v) is 8.69. The molecule has 3 N–H and O–H groups in total. The van der Waals surface area contributed by atoms with Crippen molar-refractivity contribution in [2.45, 2.75) is 18.4 Å². The minimum atomic E-state index is -2.18. The van der Waals surface area contributed by atoms with Gasteiger partial charge in [0.25, 0.3) is 0 Å². The number of nitrogens with zero attached hydrogens (tertiary/aromatic N) is 2. The molecule has 1 unspecified atom stereocenters. The van der Waals surface area contributed by atoms with Crippen LogP contribution in [0.25, 0.3) is 11.1 Å². The number of hydrogen-bond donors (Lipinski definition) is 4. The third-order valence-electron chi connectivity index (χ3n) is 5.20. The maximum atomic E-state index is 11.6. The molecule has 0 saturated heterocycles. The first-order valence-corrected chi connectivity index (χ1v) is 12.3. The van der Waals surface area contributed by atoms with Crippen LogP contribution in [0.5, 0.6) is 11.5 Å². The van der Waals surface area contributed by atoms with Gasteiger partial charge in [-0.3, -0.25) is 4.78 Å². The topological polar surface area (TPSA) is 109 Å². The number of nitrogens with one attached hydrogen (secondary N) is 3. The Kier molecular flexibility index (Phi) is 7.79. The van der Waals surface area contributed by atoms with Crippen molar-refractivity contribution in [3.63, 3.8) is 0 Å². The van der Waals surface area contributed by atoms with Crippen LogP contribution in [0.15, 0.2) is 83.9 Å². The molecule has 1 atom stereocenters. The van der Waals surface area contributed by atoms with Crippen molar-refractivity contribution >= 4 is 28.0 Å². The molecule has 35 heavy (non-hydrogen) atoms. The second-order valence-electron chi connectivity index (χ2n) is 7.59. The zero-order chi connectivity index (χ0) is 24.6. The van der Waals surface area contributed by atoms with Crippen LogP contribution in [0.4, 0.5) is 17.5 Å². The van der Waals surface area contributed by atoms with Crippen LogP contribution in [0.3, 0.4) is 0 Å².